The largest absolute Gasteiger partial charge is 0.377 e. The van der Waals surface area contributed by atoms with Crippen molar-refractivity contribution < 1.29 is 13.2 Å². The Hall–Kier alpha value is -1.18. The van der Waals surface area contributed by atoms with Crippen LogP contribution in [0, 0.1) is 0 Å². The summed E-state index contributed by atoms with van der Waals surface area (Å²) in [5, 5.41) is 2.75. The van der Waals surface area contributed by atoms with Gasteiger partial charge in [0.15, 0.2) is 0 Å². The second-order valence-corrected chi connectivity index (χ2v) is 5.65. The number of anilines is 1. The molecule has 2 N–H and O–H groups in total. The molecule has 0 atom stereocenters. The van der Waals surface area contributed by atoms with Gasteiger partial charge in [-0.25, -0.2) is 18.1 Å². The second kappa shape index (κ2) is 6.67. The van der Waals surface area contributed by atoms with Crippen molar-refractivity contribution in [1.29, 1.82) is 0 Å². The molecule has 0 radical (unpaired) electrons. The first-order valence-electron chi connectivity index (χ1n) is 5.71. The van der Waals surface area contributed by atoms with E-state index in [0.717, 1.165) is 0 Å². The Kier molecular flexibility index (Phi) is 5.52. The van der Waals surface area contributed by atoms with E-state index in [1.54, 1.807) is 13.1 Å². The minimum absolute atomic E-state index is 0.0840. The van der Waals surface area contributed by atoms with Crippen molar-refractivity contribution in [2.24, 2.45) is 0 Å². The number of rotatable bonds is 7. The topological polar surface area (TPSA) is 80.3 Å². The number of ether oxygens (including phenoxy) is 1. The molecule has 18 heavy (non-hydrogen) atoms. The number of aromatic nitrogens is 1. The Morgan fingerprint density at radius 1 is 1.44 bits per heavy atom. The van der Waals surface area contributed by atoms with Crippen LogP contribution >= 0.6 is 0 Å². The Balaban J connectivity index is 2.68. The lowest BCUT2D eigenvalue weighted by molar-refractivity contribution is 0.0834. The van der Waals surface area contributed by atoms with Gasteiger partial charge in [-0.2, -0.15) is 0 Å². The highest BCUT2D eigenvalue weighted by Gasteiger charge is 2.17. The Morgan fingerprint density at radius 2 is 2.17 bits per heavy atom. The molecule has 0 saturated heterocycles. The van der Waals surface area contributed by atoms with E-state index < -0.39 is 10.0 Å². The van der Waals surface area contributed by atoms with Crippen LogP contribution in [0.25, 0.3) is 0 Å². The van der Waals surface area contributed by atoms with E-state index in [4.69, 9.17) is 4.74 Å². The van der Waals surface area contributed by atoms with Crippen molar-refractivity contribution in [3.63, 3.8) is 0 Å². The highest BCUT2D eigenvalue weighted by molar-refractivity contribution is 7.89. The van der Waals surface area contributed by atoms with E-state index in [1.807, 2.05) is 13.8 Å². The lowest BCUT2D eigenvalue weighted by Gasteiger charge is -2.11. The summed E-state index contributed by atoms with van der Waals surface area (Å²) in [6.07, 6.45) is 1.62. The van der Waals surface area contributed by atoms with Gasteiger partial charge in [-0.1, -0.05) is 0 Å². The molecule has 1 aromatic heterocycles. The summed E-state index contributed by atoms with van der Waals surface area (Å²) in [6.45, 7) is 4.37. The molecule has 0 aliphatic heterocycles. The predicted octanol–water partition coefficient (Wildman–Crippen LogP) is 0.827. The van der Waals surface area contributed by atoms with E-state index in [9.17, 15) is 8.42 Å². The molecular formula is C11H19N3O3S. The van der Waals surface area contributed by atoms with E-state index in [1.165, 1.54) is 12.3 Å². The molecule has 0 amide bonds. The molecule has 6 nitrogen and oxygen atoms in total. The molecule has 0 aromatic carbocycles. The third kappa shape index (κ3) is 4.25. The van der Waals surface area contributed by atoms with E-state index in [2.05, 4.69) is 15.0 Å². The number of sulfonamides is 1. The van der Waals surface area contributed by atoms with Crippen LogP contribution in [0.2, 0.25) is 0 Å². The molecule has 1 heterocycles. The molecule has 7 heteroatoms. The lowest BCUT2D eigenvalue weighted by atomic mass is 10.5. The first kappa shape index (κ1) is 14.9. The van der Waals surface area contributed by atoms with Gasteiger partial charge >= 0.3 is 0 Å². The maximum atomic E-state index is 12.0. The monoisotopic (exact) mass is 273 g/mol. The predicted molar refractivity (Wildman–Crippen MR) is 70.1 cm³/mol. The van der Waals surface area contributed by atoms with Gasteiger partial charge in [-0.05, 0) is 26.0 Å². The number of nitrogens with zero attached hydrogens (tertiary/aromatic N) is 1. The van der Waals surface area contributed by atoms with Gasteiger partial charge < -0.3 is 10.1 Å². The third-order valence-corrected chi connectivity index (χ3v) is 3.63. The summed E-state index contributed by atoms with van der Waals surface area (Å²) in [7, 11) is -1.93. The summed E-state index contributed by atoms with van der Waals surface area (Å²) in [5.74, 6) is 0.328. The van der Waals surface area contributed by atoms with E-state index >= 15 is 0 Å². The van der Waals surface area contributed by atoms with Gasteiger partial charge in [0.25, 0.3) is 0 Å². The highest BCUT2D eigenvalue weighted by Crippen LogP contribution is 2.16. The zero-order chi connectivity index (χ0) is 13.6. The molecule has 1 aromatic rings. The van der Waals surface area contributed by atoms with Crippen molar-refractivity contribution in [3.05, 3.63) is 18.3 Å². The standard InChI is InChI=1S/C11H19N3O3S/c1-9(2)17-8-7-14-18(15,16)10-5-4-6-13-11(10)12-3/h4-6,9,14H,7-8H2,1-3H3,(H,12,13). The van der Waals surface area contributed by atoms with Gasteiger partial charge in [0.05, 0.1) is 12.7 Å². The van der Waals surface area contributed by atoms with Crippen LogP contribution in [0.4, 0.5) is 5.82 Å². The first-order valence-corrected chi connectivity index (χ1v) is 7.19. The molecule has 0 saturated carbocycles. The zero-order valence-electron chi connectivity index (χ0n) is 10.8. The van der Waals surface area contributed by atoms with Crippen LogP contribution in [-0.2, 0) is 14.8 Å². The van der Waals surface area contributed by atoms with Crippen molar-refractivity contribution in [2.45, 2.75) is 24.8 Å². The average molecular weight is 273 g/mol. The van der Waals surface area contributed by atoms with Crippen molar-refractivity contribution in [2.75, 3.05) is 25.5 Å². The molecule has 102 valence electrons. The molecule has 0 aliphatic carbocycles. The number of nitrogens with one attached hydrogen (secondary N) is 2. The van der Waals surface area contributed by atoms with Crippen LogP contribution in [0.5, 0.6) is 0 Å². The average Bonchev–Trinajstić information content (AvgIpc) is 2.34. The summed E-state index contributed by atoms with van der Waals surface area (Å²) in [6, 6.07) is 3.09. The summed E-state index contributed by atoms with van der Waals surface area (Å²) < 4.78 is 31.8. The lowest BCUT2D eigenvalue weighted by Crippen LogP contribution is -2.29. The second-order valence-electron chi connectivity index (χ2n) is 3.92. The molecule has 0 bridgehead atoms. The fourth-order valence-electron chi connectivity index (χ4n) is 1.34. The smallest absolute Gasteiger partial charge is 0.244 e. The third-order valence-electron chi connectivity index (χ3n) is 2.14. The minimum atomic E-state index is -3.56. The molecule has 0 unspecified atom stereocenters. The van der Waals surface area contributed by atoms with E-state index in [0.29, 0.717) is 12.4 Å². The van der Waals surface area contributed by atoms with Crippen LogP contribution in [0.15, 0.2) is 23.2 Å². The highest BCUT2D eigenvalue weighted by atomic mass is 32.2. The van der Waals surface area contributed by atoms with Crippen LogP contribution < -0.4 is 10.0 Å². The fourth-order valence-corrected chi connectivity index (χ4v) is 2.52. The van der Waals surface area contributed by atoms with Gasteiger partial charge in [-0.15, -0.1) is 0 Å². The summed E-state index contributed by atoms with van der Waals surface area (Å²) in [4.78, 5) is 4.09. The van der Waals surface area contributed by atoms with Crippen molar-refractivity contribution >= 4 is 15.8 Å². The molecular weight excluding hydrogens is 254 g/mol. The fraction of sp³-hybridized carbons (Fsp3) is 0.545. The normalized spacial score (nSPS) is 11.8. The van der Waals surface area contributed by atoms with Gasteiger partial charge in [0.2, 0.25) is 10.0 Å². The van der Waals surface area contributed by atoms with Crippen molar-refractivity contribution in [1.82, 2.24) is 9.71 Å². The van der Waals surface area contributed by atoms with E-state index in [-0.39, 0.29) is 17.5 Å². The SMILES string of the molecule is CNc1ncccc1S(=O)(=O)NCCOC(C)C. The maximum absolute atomic E-state index is 12.0. The first-order chi connectivity index (χ1) is 8.47. The molecule has 1 rings (SSSR count). The minimum Gasteiger partial charge on any atom is -0.377 e. The Labute approximate surface area is 108 Å². The number of hydrogen-bond donors (Lipinski definition) is 2. The summed E-state index contributed by atoms with van der Waals surface area (Å²) in [5.41, 5.74) is 0. The van der Waals surface area contributed by atoms with Crippen molar-refractivity contribution in [3.8, 4) is 0 Å². The van der Waals surface area contributed by atoms with Crippen LogP contribution in [0.3, 0.4) is 0 Å². The van der Waals surface area contributed by atoms with Gasteiger partial charge in [0.1, 0.15) is 10.7 Å². The molecule has 0 spiro atoms. The van der Waals surface area contributed by atoms with Crippen LogP contribution in [-0.4, -0.2) is 39.7 Å². The summed E-state index contributed by atoms with van der Waals surface area (Å²) >= 11 is 0. The Bertz CT molecular complexity index is 474. The number of hydrogen-bond acceptors (Lipinski definition) is 5. The molecule has 0 aliphatic rings. The number of pyridine rings is 1. The molecule has 0 fully saturated rings. The van der Waals surface area contributed by atoms with Gasteiger partial charge in [-0.3, -0.25) is 0 Å². The Morgan fingerprint density at radius 3 is 2.78 bits per heavy atom. The quantitative estimate of drug-likeness (QED) is 0.719. The zero-order valence-corrected chi connectivity index (χ0v) is 11.6. The van der Waals surface area contributed by atoms with Gasteiger partial charge in [0, 0.05) is 19.8 Å². The van der Waals surface area contributed by atoms with Crippen LogP contribution in [0.1, 0.15) is 13.8 Å². The maximum Gasteiger partial charge on any atom is 0.244 e.